The minimum atomic E-state index is -0.550. The van der Waals surface area contributed by atoms with E-state index in [9.17, 15) is 9.59 Å². The average Bonchev–Trinajstić information content (AvgIpc) is 2.85. The molecule has 1 unspecified atom stereocenters. The van der Waals surface area contributed by atoms with Crippen LogP contribution in [0.25, 0.3) is 0 Å². The molecule has 6 heteroatoms. The Labute approximate surface area is 133 Å². The summed E-state index contributed by atoms with van der Waals surface area (Å²) in [5.74, 6) is -0.743. The van der Waals surface area contributed by atoms with E-state index in [0.717, 1.165) is 16.7 Å². The third-order valence-corrected chi connectivity index (χ3v) is 4.19. The molecule has 0 saturated carbocycles. The van der Waals surface area contributed by atoms with Gasteiger partial charge in [-0.05, 0) is 31.7 Å². The van der Waals surface area contributed by atoms with Crippen molar-refractivity contribution in [2.75, 3.05) is 38.6 Å². The van der Waals surface area contributed by atoms with Gasteiger partial charge in [-0.15, -0.1) is 0 Å². The molecule has 2 amide bonds. The second-order valence-corrected chi connectivity index (χ2v) is 6.09. The summed E-state index contributed by atoms with van der Waals surface area (Å²) in [5.41, 5.74) is 0.836. The van der Waals surface area contributed by atoms with Gasteiger partial charge in [-0.25, -0.2) is 0 Å². The highest BCUT2D eigenvalue weighted by atomic mass is 79.9. The molecule has 2 rings (SSSR count). The fraction of sp³-hybridized carbons (Fsp3) is 0.467. The molecule has 1 fully saturated rings. The van der Waals surface area contributed by atoms with Gasteiger partial charge in [-0.1, -0.05) is 22.0 Å². The zero-order valence-electron chi connectivity index (χ0n) is 12.3. The van der Waals surface area contributed by atoms with Crippen molar-refractivity contribution in [2.45, 2.75) is 6.42 Å². The predicted molar refractivity (Wildman–Crippen MR) is 86.2 cm³/mol. The highest BCUT2D eigenvalue weighted by molar-refractivity contribution is 9.10. The van der Waals surface area contributed by atoms with E-state index >= 15 is 0 Å². The van der Waals surface area contributed by atoms with Crippen LogP contribution < -0.4 is 10.2 Å². The van der Waals surface area contributed by atoms with Crippen molar-refractivity contribution in [3.05, 3.63) is 28.7 Å². The summed E-state index contributed by atoms with van der Waals surface area (Å²) < 4.78 is 0.925. The van der Waals surface area contributed by atoms with Crippen molar-refractivity contribution >= 4 is 33.4 Å². The largest absolute Gasteiger partial charge is 0.344 e. The maximum atomic E-state index is 12.5. The van der Waals surface area contributed by atoms with E-state index in [-0.39, 0.29) is 11.8 Å². The maximum Gasteiger partial charge on any atom is 0.239 e. The van der Waals surface area contributed by atoms with Gasteiger partial charge in [0.1, 0.15) is 5.92 Å². The number of halogens is 1. The lowest BCUT2D eigenvalue weighted by Crippen LogP contribution is -2.40. The SMILES string of the molecule is CNCCN(C)C(=O)C1CCN(c2cccc(Br)c2)C1=O. The summed E-state index contributed by atoms with van der Waals surface area (Å²) >= 11 is 3.40. The van der Waals surface area contributed by atoms with Crippen molar-refractivity contribution in [3.8, 4) is 0 Å². The number of rotatable bonds is 5. The quantitative estimate of drug-likeness (QED) is 0.815. The molecular weight excluding hydrogens is 334 g/mol. The van der Waals surface area contributed by atoms with Crippen LogP contribution in [-0.4, -0.2) is 50.4 Å². The van der Waals surface area contributed by atoms with Gasteiger partial charge in [0.15, 0.2) is 0 Å². The molecule has 0 bridgehead atoms. The molecule has 114 valence electrons. The fourth-order valence-corrected chi connectivity index (χ4v) is 2.85. The van der Waals surface area contributed by atoms with Crippen LogP contribution in [0.4, 0.5) is 5.69 Å². The van der Waals surface area contributed by atoms with Crippen LogP contribution in [0.5, 0.6) is 0 Å². The van der Waals surface area contributed by atoms with E-state index in [0.29, 0.717) is 19.5 Å². The third-order valence-electron chi connectivity index (χ3n) is 3.70. The average molecular weight is 354 g/mol. The van der Waals surface area contributed by atoms with E-state index in [1.165, 1.54) is 0 Å². The Kier molecular flexibility index (Phi) is 5.36. The van der Waals surface area contributed by atoms with E-state index in [1.807, 2.05) is 31.3 Å². The number of hydrogen-bond acceptors (Lipinski definition) is 3. The molecular formula is C15H20BrN3O2. The number of carbonyl (C=O) groups excluding carboxylic acids is 2. The Balaban J connectivity index is 2.06. The monoisotopic (exact) mass is 353 g/mol. The molecule has 21 heavy (non-hydrogen) atoms. The molecule has 1 aromatic carbocycles. The first-order valence-electron chi connectivity index (χ1n) is 7.01. The predicted octanol–water partition coefficient (Wildman–Crippen LogP) is 1.48. The second-order valence-electron chi connectivity index (χ2n) is 5.17. The van der Waals surface area contributed by atoms with E-state index in [4.69, 9.17) is 0 Å². The van der Waals surface area contributed by atoms with Crippen LogP contribution >= 0.6 is 15.9 Å². The molecule has 1 aliphatic rings. The minimum absolute atomic E-state index is 0.0900. The number of hydrogen-bond donors (Lipinski definition) is 1. The van der Waals surface area contributed by atoms with Crippen LogP contribution in [0, 0.1) is 5.92 Å². The van der Waals surface area contributed by atoms with Gasteiger partial charge in [0.25, 0.3) is 0 Å². The van der Waals surface area contributed by atoms with E-state index in [1.54, 1.807) is 16.8 Å². The minimum Gasteiger partial charge on any atom is -0.344 e. The lowest BCUT2D eigenvalue weighted by Gasteiger charge is -2.21. The number of anilines is 1. The number of carbonyl (C=O) groups is 2. The molecule has 0 radical (unpaired) electrons. The first kappa shape index (κ1) is 16.0. The van der Waals surface area contributed by atoms with Gasteiger partial charge < -0.3 is 15.1 Å². The van der Waals surface area contributed by atoms with Gasteiger partial charge in [-0.2, -0.15) is 0 Å². The van der Waals surface area contributed by atoms with Crippen molar-refractivity contribution < 1.29 is 9.59 Å². The highest BCUT2D eigenvalue weighted by Crippen LogP contribution is 2.28. The number of nitrogens with one attached hydrogen (secondary N) is 1. The maximum absolute atomic E-state index is 12.5. The number of amides is 2. The zero-order chi connectivity index (χ0) is 15.4. The topological polar surface area (TPSA) is 52.7 Å². The second kappa shape index (κ2) is 7.04. The standard InChI is InChI=1S/C15H20BrN3O2/c1-17-7-9-18(2)14(20)13-6-8-19(15(13)21)12-5-3-4-11(16)10-12/h3-5,10,13,17H,6-9H2,1-2H3. The molecule has 5 nitrogen and oxygen atoms in total. The Hall–Kier alpha value is -1.40. The molecule has 1 aromatic rings. The van der Waals surface area contributed by atoms with Gasteiger partial charge in [0.05, 0.1) is 0 Å². The van der Waals surface area contributed by atoms with Gasteiger partial charge in [0.2, 0.25) is 11.8 Å². The number of likely N-dealkylation sites (N-methyl/N-ethyl adjacent to an activating group) is 2. The van der Waals surface area contributed by atoms with Crippen LogP contribution in [0.3, 0.4) is 0 Å². The number of benzene rings is 1. The summed E-state index contributed by atoms with van der Waals surface area (Å²) in [6, 6.07) is 7.59. The molecule has 0 spiro atoms. The zero-order valence-corrected chi connectivity index (χ0v) is 13.9. The Morgan fingerprint density at radius 1 is 1.52 bits per heavy atom. The summed E-state index contributed by atoms with van der Waals surface area (Å²) in [4.78, 5) is 28.2. The Morgan fingerprint density at radius 3 is 2.95 bits per heavy atom. The van der Waals surface area contributed by atoms with Crippen LogP contribution in [0.2, 0.25) is 0 Å². The van der Waals surface area contributed by atoms with E-state index in [2.05, 4.69) is 21.2 Å². The summed E-state index contributed by atoms with van der Waals surface area (Å²) in [7, 11) is 3.59. The third kappa shape index (κ3) is 3.63. The molecule has 1 N–H and O–H groups in total. The smallest absolute Gasteiger partial charge is 0.239 e. The Bertz CT molecular complexity index is 535. The lowest BCUT2D eigenvalue weighted by molar-refractivity contribution is -0.138. The van der Waals surface area contributed by atoms with Crippen molar-refractivity contribution in [1.29, 1.82) is 0 Å². The highest BCUT2D eigenvalue weighted by Gasteiger charge is 2.38. The molecule has 1 heterocycles. The van der Waals surface area contributed by atoms with Crippen molar-refractivity contribution in [2.24, 2.45) is 5.92 Å². The summed E-state index contributed by atoms with van der Waals surface area (Å²) in [6.45, 7) is 1.92. The summed E-state index contributed by atoms with van der Waals surface area (Å²) in [5, 5.41) is 3.00. The van der Waals surface area contributed by atoms with Gasteiger partial charge >= 0.3 is 0 Å². The molecule has 0 aromatic heterocycles. The molecule has 0 aliphatic carbocycles. The van der Waals surface area contributed by atoms with Crippen LogP contribution in [0.1, 0.15) is 6.42 Å². The summed E-state index contributed by atoms with van der Waals surface area (Å²) in [6.07, 6.45) is 0.577. The first-order valence-corrected chi connectivity index (χ1v) is 7.80. The van der Waals surface area contributed by atoms with Gasteiger partial charge in [-0.3, -0.25) is 9.59 Å². The van der Waals surface area contributed by atoms with Crippen molar-refractivity contribution in [1.82, 2.24) is 10.2 Å². The molecule has 1 saturated heterocycles. The Morgan fingerprint density at radius 2 is 2.29 bits per heavy atom. The normalized spacial score (nSPS) is 18.1. The van der Waals surface area contributed by atoms with Crippen LogP contribution in [0.15, 0.2) is 28.7 Å². The van der Waals surface area contributed by atoms with Gasteiger partial charge in [0, 0.05) is 36.8 Å². The van der Waals surface area contributed by atoms with Crippen LogP contribution in [-0.2, 0) is 9.59 Å². The van der Waals surface area contributed by atoms with Crippen molar-refractivity contribution in [3.63, 3.8) is 0 Å². The number of nitrogens with zero attached hydrogens (tertiary/aromatic N) is 2. The van der Waals surface area contributed by atoms with E-state index < -0.39 is 5.92 Å². The fourth-order valence-electron chi connectivity index (χ4n) is 2.47. The lowest BCUT2D eigenvalue weighted by atomic mass is 10.1. The molecule has 1 aliphatic heterocycles. The molecule has 1 atom stereocenters. The first-order chi connectivity index (χ1) is 10.0.